The number of thioether (sulfide) groups is 1. The first-order valence-corrected chi connectivity index (χ1v) is 10.3. The van der Waals surface area contributed by atoms with Crippen molar-refractivity contribution in [3.8, 4) is 0 Å². The van der Waals surface area contributed by atoms with Crippen molar-refractivity contribution in [3.63, 3.8) is 0 Å². The van der Waals surface area contributed by atoms with Gasteiger partial charge in [-0.3, -0.25) is 15.1 Å². The summed E-state index contributed by atoms with van der Waals surface area (Å²) in [6, 6.07) is 3.38. The minimum absolute atomic E-state index is 0.0120. The molecule has 0 aromatic carbocycles. The molecule has 142 valence electrons. The highest BCUT2D eigenvalue weighted by Gasteiger charge is 2.35. The van der Waals surface area contributed by atoms with Crippen LogP contribution >= 0.6 is 46.6 Å². The van der Waals surface area contributed by atoms with Crippen LogP contribution in [0.15, 0.2) is 28.9 Å². The topological polar surface area (TPSA) is 72.2 Å². The molecule has 2 aromatic heterocycles. The molecule has 0 bridgehead atoms. The van der Waals surface area contributed by atoms with Crippen molar-refractivity contribution >= 4 is 63.1 Å². The van der Waals surface area contributed by atoms with Gasteiger partial charge in [0.2, 0.25) is 0 Å². The smallest absolute Gasteiger partial charge is 0.284 e. The summed E-state index contributed by atoms with van der Waals surface area (Å²) in [7, 11) is 0. The fraction of sp³-hybridized carbons (Fsp3) is 0.294. The number of nitro groups is 1. The highest BCUT2D eigenvalue weighted by atomic mass is 35.5. The lowest BCUT2D eigenvalue weighted by molar-refractivity contribution is -0.424. The second kappa shape index (κ2) is 7.83. The van der Waals surface area contributed by atoms with Gasteiger partial charge in [0.25, 0.3) is 5.70 Å². The zero-order valence-corrected chi connectivity index (χ0v) is 17.7. The Morgan fingerprint density at radius 2 is 2.04 bits per heavy atom. The van der Waals surface area contributed by atoms with Crippen LogP contribution in [0, 0.1) is 10.1 Å². The van der Waals surface area contributed by atoms with Crippen LogP contribution in [0.5, 0.6) is 0 Å². The molecule has 0 radical (unpaired) electrons. The molecule has 0 saturated carbocycles. The van der Waals surface area contributed by atoms with Crippen molar-refractivity contribution in [1.82, 2.24) is 9.97 Å². The Morgan fingerprint density at radius 3 is 2.63 bits per heavy atom. The number of nitrogens with zero attached hydrogens (tertiary/aromatic N) is 4. The number of aromatic nitrogens is 2. The van der Waals surface area contributed by atoms with Crippen molar-refractivity contribution in [2.45, 2.75) is 24.7 Å². The summed E-state index contributed by atoms with van der Waals surface area (Å²) in [5.41, 5.74) is 1.81. The van der Waals surface area contributed by atoms with Gasteiger partial charge in [0.15, 0.2) is 0 Å². The van der Waals surface area contributed by atoms with E-state index in [1.54, 1.807) is 11.1 Å². The summed E-state index contributed by atoms with van der Waals surface area (Å²) in [6.45, 7) is 3.98. The monoisotopic (exact) mass is 444 g/mol. The van der Waals surface area contributed by atoms with E-state index < -0.39 is 4.92 Å². The van der Waals surface area contributed by atoms with Crippen molar-refractivity contribution in [1.29, 1.82) is 0 Å². The molecule has 0 aliphatic carbocycles. The molecule has 0 unspecified atom stereocenters. The maximum Gasteiger partial charge on any atom is 0.284 e. The van der Waals surface area contributed by atoms with E-state index >= 15 is 0 Å². The number of rotatable bonds is 4. The number of fused-ring (bicyclic) bond motifs is 1. The van der Waals surface area contributed by atoms with E-state index in [1.807, 2.05) is 26.2 Å². The van der Waals surface area contributed by atoms with Crippen molar-refractivity contribution < 1.29 is 4.92 Å². The van der Waals surface area contributed by atoms with Gasteiger partial charge in [-0.15, -0.1) is 11.8 Å². The molecule has 0 amide bonds. The van der Waals surface area contributed by atoms with Crippen LogP contribution < -0.4 is 4.90 Å². The lowest BCUT2D eigenvalue weighted by atomic mass is 10.0. The van der Waals surface area contributed by atoms with Gasteiger partial charge in [-0.2, -0.15) is 0 Å². The van der Waals surface area contributed by atoms with Crippen molar-refractivity contribution in [3.05, 3.63) is 55.6 Å². The Morgan fingerprint density at radius 1 is 1.33 bits per heavy atom. The van der Waals surface area contributed by atoms with Crippen molar-refractivity contribution in [2.75, 3.05) is 17.7 Å². The molecule has 2 aromatic rings. The fourth-order valence-electron chi connectivity index (χ4n) is 2.91. The fourth-order valence-corrected chi connectivity index (χ4v) is 4.07. The molecule has 0 atom stereocenters. The van der Waals surface area contributed by atoms with Crippen LogP contribution in [0.25, 0.3) is 5.03 Å². The van der Waals surface area contributed by atoms with Gasteiger partial charge in [0.1, 0.15) is 22.5 Å². The average Bonchev–Trinajstić information content (AvgIpc) is 2.62. The minimum atomic E-state index is -0.481. The number of hydrogen-bond donors (Lipinski definition) is 0. The van der Waals surface area contributed by atoms with Crippen molar-refractivity contribution in [2.24, 2.45) is 0 Å². The molecule has 27 heavy (non-hydrogen) atoms. The molecule has 3 rings (SSSR count). The maximum atomic E-state index is 11.6. The van der Waals surface area contributed by atoms with E-state index in [0.717, 1.165) is 16.3 Å². The first-order valence-electron chi connectivity index (χ1n) is 7.96. The third-order valence-electron chi connectivity index (χ3n) is 4.14. The predicted molar refractivity (Wildman–Crippen MR) is 111 cm³/mol. The van der Waals surface area contributed by atoms with Gasteiger partial charge in [-0.1, -0.05) is 48.7 Å². The molecule has 0 fully saturated rings. The van der Waals surface area contributed by atoms with Crippen LogP contribution in [-0.2, 0) is 0 Å². The van der Waals surface area contributed by atoms with E-state index in [0.29, 0.717) is 11.4 Å². The molecule has 3 heterocycles. The lowest BCUT2D eigenvalue weighted by Gasteiger charge is -2.31. The summed E-state index contributed by atoms with van der Waals surface area (Å²) in [5, 5.41) is 11.9. The SMILES string of the molecule is CSc1ccnc(C(C)C)c1N1CC([N+](=O)[O-])=C(Cl)c2cc(Cl)c(Cl)nc21. The third kappa shape index (κ3) is 3.61. The number of anilines is 2. The first kappa shape index (κ1) is 20.2. The van der Waals surface area contributed by atoms with Crippen LogP contribution in [0.4, 0.5) is 11.5 Å². The van der Waals surface area contributed by atoms with E-state index in [4.69, 9.17) is 34.8 Å². The molecule has 0 saturated heterocycles. The second-order valence-electron chi connectivity index (χ2n) is 6.14. The molecule has 0 N–H and O–H groups in total. The Bertz CT molecular complexity index is 965. The highest BCUT2D eigenvalue weighted by Crippen LogP contribution is 2.46. The number of hydrogen-bond acceptors (Lipinski definition) is 6. The highest BCUT2D eigenvalue weighted by molar-refractivity contribution is 7.98. The Labute approximate surface area is 175 Å². The normalized spacial score (nSPS) is 14.0. The number of pyridine rings is 2. The zero-order chi connectivity index (χ0) is 19.9. The van der Waals surface area contributed by atoms with Gasteiger partial charge < -0.3 is 4.90 Å². The average molecular weight is 446 g/mol. The lowest BCUT2D eigenvalue weighted by Crippen LogP contribution is -2.30. The van der Waals surface area contributed by atoms with E-state index in [-0.39, 0.29) is 33.4 Å². The summed E-state index contributed by atoms with van der Waals surface area (Å²) >= 11 is 20.1. The van der Waals surface area contributed by atoms with Crippen LogP contribution in [-0.4, -0.2) is 27.7 Å². The quantitative estimate of drug-likeness (QED) is 0.250. The standard InChI is InChI=1S/C17H15Cl3N4O2S/c1-8(2)14-15(12(27-3)4-5-21-14)23-7-11(24(25)26)13(19)9-6-10(18)16(20)22-17(9)23/h4-6,8H,7H2,1-3H3. The predicted octanol–water partition coefficient (Wildman–Crippen LogP) is 5.96. The largest absolute Gasteiger partial charge is 0.312 e. The van der Waals surface area contributed by atoms with Crippen LogP contribution in [0.2, 0.25) is 10.2 Å². The molecular formula is C17H15Cl3N4O2S. The van der Waals surface area contributed by atoms with Crippen LogP contribution in [0.1, 0.15) is 31.0 Å². The van der Waals surface area contributed by atoms with Gasteiger partial charge in [-0.05, 0) is 24.3 Å². The molecule has 6 nitrogen and oxygen atoms in total. The second-order valence-corrected chi connectivity index (χ2v) is 8.13. The molecule has 1 aliphatic rings. The summed E-state index contributed by atoms with van der Waals surface area (Å²) < 4.78 is 0. The molecular weight excluding hydrogens is 431 g/mol. The first-order chi connectivity index (χ1) is 12.8. The minimum Gasteiger partial charge on any atom is -0.312 e. The molecule has 10 heteroatoms. The van der Waals surface area contributed by atoms with E-state index in [2.05, 4.69) is 9.97 Å². The van der Waals surface area contributed by atoms with Gasteiger partial charge in [-0.25, -0.2) is 4.98 Å². The Hall–Kier alpha value is -1.54. The third-order valence-corrected chi connectivity index (χ3v) is 6.00. The summed E-state index contributed by atoms with van der Waals surface area (Å²) in [6.07, 6.45) is 3.67. The molecule has 1 aliphatic heterocycles. The summed E-state index contributed by atoms with van der Waals surface area (Å²) in [5.74, 6) is 0.518. The van der Waals surface area contributed by atoms with Crippen LogP contribution in [0.3, 0.4) is 0 Å². The summed E-state index contributed by atoms with van der Waals surface area (Å²) in [4.78, 5) is 22.7. The zero-order valence-electron chi connectivity index (χ0n) is 14.7. The van der Waals surface area contributed by atoms with Gasteiger partial charge in [0, 0.05) is 16.7 Å². The van der Waals surface area contributed by atoms with E-state index in [9.17, 15) is 10.1 Å². The maximum absolute atomic E-state index is 11.6. The van der Waals surface area contributed by atoms with Gasteiger partial charge in [0.05, 0.1) is 21.3 Å². The molecule has 0 spiro atoms. The van der Waals surface area contributed by atoms with Gasteiger partial charge >= 0.3 is 0 Å². The Kier molecular flexibility index (Phi) is 5.86. The number of halogens is 3. The Balaban J connectivity index is 2.34. The van der Waals surface area contributed by atoms with E-state index in [1.165, 1.54) is 17.8 Å².